The van der Waals surface area contributed by atoms with Gasteiger partial charge in [0.1, 0.15) is 0 Å². The highest BCUT2D eigenvalue weighted by Gasteiger charge is 2.36. The predicted molar refractivity (Wildman–Crippen MR) is 194 cm³/mol. The zero-order chi connectivity index (χ0) is 32.7. The van der Waals surface area contributed by atoms with Crippen molar-refractivity contribution in [2.75, 3.05) is 9.80 Å². The number of hydrogen-bond donors (Lipinski definition) is 0. The van der Waals surface area contributed by atoms with Crippen LogP contribution in [-0.4, -0.2) is 0 Å². The average Bonchev–Trinajstić information content (AvgIpc) is 3.32. The molecule has 0 amide bonds. The van der Waals surface area contributed by atoms with Crippen molar-refractivity contribution in [1.82, 2.24) is 0 Å². The van der Waals surface area contributed by atoms with Crippen LogP contribution in [0.3, 0.4) is 0 Å². The second-order valence-electron chi connectivity index (χ2n) is 12.7. The van der Waals surface area contributed by atoms with Crippen LogP contribution < -0.4 is 9.80 Å². The second kappa shape index (κ2) is 11.7. The summed E-state index contributed by atoms with van der Waals surface area (Å²) >= 11 is 0. The van der Waals surface area contributed by atoms with E-state index in [9.17, 15) is 5.26 Å². The third-order valence-corrected chi connectivity index (χ3v) is 9.24. The van der Waals surface area contributed by atoms with E-state index in [1.807, 2.05) is 48.5 Å². The van der Waals surface area contributed by atoms with Gasteiger partial charge >= 0.3 is 0 Å². The molecule has 4 nitrogen and oxygen atoms in total. The summed E-state index contributed by atoms with van der Waals surface area (Å²) in [5, 5.41) is 9.42. The van der Waals surface area contributed by atoms with Gasteiger partial charge in [-0.05, 0) is 121 Å². The van der Waals surface area contributed by atoms with Crippen molar-refractivity contribution in [3.8, 4) is 17.2 Å². The van der Waals surface area contributed by atoms with Gasteiger partial charge in [-0.2, -0.15) is 5.26 Å². The maximum absolute atomic E-state index is 9.42. The average molecular weight is 607 g/mol. The third kappa shape index (κ3) is 5.31. The fourth-order valence-corrected chi connectivity index (χ4v) is 6.64. The van der Waals surface area contributed by atoms with Gasteiger partial charge in [0.15, 0.2) is 5.69 Å². The van der Waals surface area contributed by atoms with E-state index >= 15 is 0 Å². The van der Waals surface area contributed by atoms with E-state index in [-0.39, 0.29) is 5.41 Å². The molecule has 0 saturated heterocycles. The van der Waals surface area contributed by atoms with E-state index in [1.165, 1.54) is 33.4 Å². The van der Waals surface area contributed by atoms with E-state index in [0.29, 0.717) is 11.3 Å². The zero-order valence-corrected chi connectivity index (χ0v) is 27.0. The predicted octanol–water partition coefficient (Wildman–Crippen LogP) is 12.0. The zero-order valence-electron chi connectivity index (χ0n) is 27.0. The lowest BCUT2D eigenvalue weighted by Gasteiger charge is -2.29. The number of aryl methyl sites for hydroxylation is 2. The van der Waals surface area contributed by atoms with Gasteiger partial charge in [0.25, 0.3) is 0 Å². The van der Waals surface area contributed by atoms with Gasteiger partial charge in [0.05, 0.1) is 18.2 Å². The fraction of sp³-hybridized carbons (Fsp3) is 0.116. The molecule has 47 heavy (non-hydrogen) atoms. The van der Waals surface area contributed by atoms with Crippen LogP contribution in [0.1, 0.15) is 41.7 Å². The largest absolute Gasteiger partial charge is 0.311 e. The Labute approximate surface area is 277 Å². The number of rotatable bonds is 6. The Morgan fingerprint density at radius 2 is 0.894 bits per heavy atom. The fourth-order valence-electron chi connectivity index (χ4n) is 6.64. The molecule has 0 heterocycles. The molecule has 6 aromatic rings. The van der Waals surface area contributed by atoms with Crippen LogP contribution in [0.15, 0.2) is 133 Å². The van der Waals surface area contributed by atoms with Crippen molar-refractivity contribution in [1.29, 1.82) is 5.26 Å². The molecule has 1 aliphatic rings. The first-order valence-corrected chi connectivity index (χ1v) is 15.8. The first-order valence-electron chi connectivity index (χ1n) is 15.8. The Balaban J connectivity index is 1.33. The van der Waals surface area contributed by atoms with Gasteiger partial charge in [-0.3, -0.25) is 0 Å². The molecule has 7 rings (SSSR count). The molecule has 0 unspecified atom stereocenters. The maximum Gasteiger partial charge on any atom is 0.187 e. The molecule has 0 aliphatic heterocycles. The van der Waals surface area contributed by atoms with E-state index in [2.05, 4.69) is 133 Å². The summed E-state index contributed by atoms with van der Waals surface area (Å²) in [6, 6.07) is 48.6. The molecule has 4 heteroatoms. The first-order chi connectivity index (χ1) is 22.8. The lowest BCUT2D eigenvalue weighted by atomic mass is 9.82. The topological polar surface area (TPSA) is 34.6 Å². The van der Waals surface area contributed by atoms with Gasteiger partial charge in [0.2, 0.25) is 0 Å². The van der Waals surface area contributed by atoms with Crippen molar-refractivity contribution in [3.05, 3.63) is 173 Å². The summed E-state index contributed by atoms with van der Waals surface area (Å²) in [6.45, 7) is 16.2. The SMILES string of the molecule is [C-]#[N+]c1ccc(N(c2ccc(C)cc2)c2ccc3c(c2)C(C)(C)c2cc(N(c4ccc(C)cc4)c4ccc(C#N)cc4)ccc2-3)cc1. The van der Waals surface area contributed by atoms with Crippen molar-refractivity contribution in [2.24, 2.45) is 0 Å². The smallest absolute Gasteiger partial charge is 0.187 e. The Morgan fingerprint density at radius 3 is 1.28 bits per heavy atom. The van der Waals surface area contributed by atoms with Crippen molar-refractivity contribution in [2.45, 2.75) is 33.1 Å². The van der Waals surface area contributed by atoms with Crippen LogP contribution in [0.25, 0.3) is 16.0 Å². The van der Waals surface area contributed by atoms with E-state index in [1.54, 1.807) is 0 Å². The summed E-state index contributed by atoms with van der Waals surface area (Å²) < 4.78 is 0. The number of benzene rings is 6. The highest BCUT2D eigenvalue weighted by atomic mass is 15.1. The van der Waals surface area contributed by atoms with Crippen LogP contribution in [0.2, 0.25) is 0 Å². The Kier molecular flexibility index (Phi) is 7.36. The van der Waals surface area contributed by atoms with Gasteiger partial charge in [-0.15, -0.1) is 0 Å². The molecule has 226 valence electrons. The highest BCUT2D eigenvalue weighted by molar-refractivity contribution is 5.88. The molecule has 1 aliphatic carbocycles. The van der Waals surface area contributed by atoms with Crippen LogP contribution >= 0.6 is 0 Å². The van der Waals surface area contributed by atoms with Crippen molar-refractivity contribution in [3.63, 3.8) is 0 Å². The van der Waals surface area contributed by atoms with Crippen LogP contribution in [0.4, 0.5) is 39.8 Å². The standard InChI is InChI=1S/C43H34N4/c1-29-6-14-33(15-7-29)46(35-18-10-31(28-44)11-19-35)37-22-24-39-40-25-23-38(27-42(40)43(3,4)41(39)26-37)47(34-16-8-30(2)9-17-34)36-20-12-32(45-5)13-21-36/h6-27H,1-4H3. The summed E-state index contributed by atoms with van der Waals surface area (Å²) in [5.74, 6) is 0. The number of fused-ring (bicyclic) bond motifs is 3. The van der Waals surface area contributed by atoms with E-state index < -0.39 is 0 Å². The Hall–Kier alpha value is -6.10. The van der Waals surface area contributed by atoms with Crippen LogP contribution in [-0.2, 0) is 5.41 Å². The van der Waals surface area contributed by atoms with Gasteiger partial charge in [-0.1, -0.05) is 73.5 Å². The molecule has 0 atom stereocenters. The Morgan fingerprint density at radius 1 is 0.532 bits per heavy atom. The number of nitriles is 1. The summed E-state index contributed by atoms with van der Waals surface area (Å²) in [6.07, 6.45) is 0. The summed E-state index contributed by atoms with van der Waals surface area (Å²) in [5.41, 5.74) is 14.7. The van der Waals surface area contributed by atoms with Crippen LogP contribution in [0, 0.1) is 31.8 Å². The summed E-state index contributed by atoms with van der Waals surface area (Å²) in [7, 11) is 0. The molecular formula is C43H34N4. The van der Waals surface area contributed by atoms with Crippen LogP contribution in [0.5, 0.6) is 0 Å². The number of nitrogens with zero attached hydrogens (tertiary/aromatic N) is 4. The van der Waals surface area contributed by atoms with Crippen molar-refractivity contribution >= 4 is 39.8 Å². The molecule has 0 bridgehead atoms. The minimum Gasteiger partial charge on any atom is -0.311 e. The first kappa shape index (κ1) is 29.6. The summed E-state index contributed by atoms with van der Waals surface area (Å²) in [4.78, 5) is 8.13. The van der Waals surface area contributed by atoms with E-state index in [0.717, 1.165) is 34.1 Å². The molecule has 0 saturated carbocycles. The minimum absolute atomic E-state index is 0.257. The molecular weight excluding hydrogens is 573 g/mol. The molecule has 6 aromatic carbocycles. The molecule has 0 N–H and O–H groups in total. The highest BCUT2D eigenvalue weighted by Crippen LogP contribution is 2.52. The quantitative estimate of drug-likeness (QED) is 0.177. The van der Waals surface area contributed by atoms with E-state index in [4.69, 9.17) is 6.57 Å². The Bertz CT molecular complexity index is 2020. The maximum atomic E-state index is 9.42. The van der Waals surface area contributed by atoms with Gasteiger partial charge in [-0.25, -0.2) is 4.85 Å². The van der Waals surface area contributed by atoms with Gasteiger partial charge < -0.3 is 9.80 Å². The molecule has 0 aromatic heterocycles. The normalized spacial score (nSPS) is 12.4. The van der Waals surface area contributed by atoms with Gasteiger partial charge in [0, 0.05) is 39.5 Å². The second-order valence-corrected chi connectivity index (χ2v) is 12.7. The monoisotopic (exact) mass is 606 g/mol. The van der Waals surface area contributed by atoms with Crippen molar-refractivity contribution < 1.29 is 0 Å². The third-order valence-electron chi connectivity index (χ3n) is 9.24. The molecule has 0 fully saturated rings. The lowest BCUT2D eigenvalue weighted by Crippen LogP contribution is -2.17. The molecule has 0 spiro atoms. The number of hydrogen-bond acceptors (Lipinski definition) is 3. The minimum atomic E-state index is -0.257. The number of anilines is 6. The molecule has 0 radical (unpaired) electrons. The lowest BCUT2D eigenvalue weighted by molar-refractivity contribution is 0.660.